The number of carboxylic acid groups (broad SMARTS) is 1. The minimum Gasteiger partial charge on any atom is -0.493 e. The Morgan fingerprint density at radius 2 is 1.64 bits per heavy atom. The molecule has 0 aromatic heterocycles. The second-order valence-electron chi connectivity index (χ2n) is 5.47. The van der Waals surface area contributed by atoms with Crippen LogP contribution in [0.25, 0.3) is 22.4 Å². The SMILES string of the molecule is COc1cccc(/C=C(\C(=O)O)c2cccc3ccccc23)c1OC. The Morgan fingerprint density at radius 1 is 0.920 bits per heavy atom. The van der Waals surface area contributed by atoms with Crippen LogP contribution in [0.4, 0.5) is 0 Å². The quantitative estimate of drug-likeness (QED) is 0.552. The van der Waals surface area contributed by atoms with Gasteiger partial charge in [0.1, 0.15) is 0 Å². The van der Waals surface area contributed by atoms with Crippen molar-refractivity contribution in [2.75, 3.05) is 14.2 Å². The fourth-order valence-electron chi connectivity index (χ4n) is 2.90. The van der Waals surface area contributed by atoms with Gasteiger partial charge in [-0.15, -0.1) is 0 Å². The van der Waals surface area contributed by atoms with Crippen LogP contribution in [0.15, 0.2) is 60.7 Å². The summed E-state index contributed by atoms with van der Waals surface area (Å²) in [6, 6.07) is 18.7. The Hall–Kier alpha value is -3.27. The molecule has 3 rings (SSSR count). The number of hydrogen-bond acceptors (Lipinski definition) is 3. The Bertz CT molecular complexity index is 952. The van der Waals surface area contributed by atoms with E-state index >= 15 is 0 Å². The molecule has 0 aliphatic carbocycles. The molecule has 0 bridgehead atoms. The lowest BCUT2D eigenvalue weighted by Gasteiger charge is -2.12. The predicted molar refractivity (Wildman–Crippen MR) is 99.0 cm³/mol. The van der Waals surface area contributed by atoms with E-state index in [1.54, 1.807) is 31.4 Å². The number of aliphatic carboxylic acids is 1. The van der Waals surface area contributed by atoms with Crippen LogP contribution in [0.1, 0.15) is 11.1 Å². The van der Waals surface area contributed by atoms with E-state index in [0.29, 0.717) is 22.6 Å². The van der Waals surface area contributed by atoms with Crippen molar-refractivity contribution in [2.45, 2.75) is 0 Å². The first-order valence-electron chi connectivity index (χ1n) is 7.80. The number of carbonyl (C=O) groups is 1. The lowest BCUT2D eigenvalue weighted by molar-refractivity contribution is -0.130. The summed E-state index contributed by atoms with van der Waals surface area (Å²) in [5.41, 5.74) is 1.51. The van der Waals surface area contributed by atoms with Gasteiger partial charge >= 0.3 is 5.97 Å². The van der Waals surface area contributed by atoms with E-state index in [4.69, 9.17) is 9.47 Å². The maximum atomic E-state index is 12.0. The van der Waals surface area contributed by atoms with Gasteiger partial charge in [0.05, 0.1) is 19.8 Å². The fourth-order valence-corrected chi connectivity index (χ4v) is 2.90. The lowest BCUT2D eigenvalue weighted by atomic mass is 9.96. The summed E-state index contributed by atoms with van der Waals surface area (Å²) in [5, 5.41) is 11.7. The van der Waals surface area contributed by atoms with Crippen LogP contribution in [-0.2, 0) is 4.79 Å². The van der Waals surface area contributed by atoms with Crippen LogP contribution in [0.5, 0.6) is 11.5 Å². The third-order valence-electron chi connectivity index (χ3n) is 4.04. The number of methoxy groups -OCH3 is 2. The van der Waals surface area contributed by atoms with E-state index < -0.39 is 5.97 Å². The van der Waals surface area contributed by atoms with Gasteiger partial charge < -0.3 is 14.6 Å². The van der Waals surface area contributed by atoms with Gasteiger partial charge in [0.25, 0.3) is 0 Å². The summed E-state index contributed by atoms with van der Waals surface area (Å²) in [7, 11) is 3.09. The molecular weight excluding hydrogens is 316 g/mol. The number of hydrogen-bond donors (Lipinski definition) is 1. The van der Waals surface area contributed by atoms with Crippen LogP contribution >= 0.6 is 0 Å². The molecule has 0 heterocycles. The average molecular weight is 334 g/mol. The van der Waals surface area contributed by atoms with Crippen LogP contribution in [0.3, 0.4) is 0 Å². The molecule has 4 nitrogen and oxygen atoms in total. The molecule has 0 unspecified atom stereocenters. The first kappa shape index (κ1) is 16.6. The molecule has 1 N–H and O–H groups in total. The first-order valence-corrected chi connectivity index (χ1v) is 7.80. The Morgan fingerprint density at radius 3 is 2.36 bits per heavy atom. The van der Waals surface area contributed by atoms with Gasteiger partial charge in [0, 0.05) is 5.56 Å². The smallest absolute Gasteiger partial charge is 0.336 e. The number of rotatable bonds is 5. The lowest BCUT2D eigenvalue weighted by Crippen LogP contribution is -2.01. The van der Waals surface area contributed by atoms with Crippen LogP contribution in [0.2, 0.25) is 0 Å². The zero-order valence-electron chi connectivity index (χ0n) is 14.0. The molecular formula is C21H18O4. The molecule has 0 aliphatic rings. The summed E-state index contributed by atoms with van der Waals surface area (Å²) in [6.07, 6.45) is 1.62. The second-order valence-corrected chi connectivity index (χ2v) is 5.47. The number of fused-ring (bicyclic) bond motifs is 1. The monoisotopic (exact) mass is 334 g/mol. The Kier molecular flexibility index (Phi) is 4.70. The summed E-state index contributed by atoms with van der Waals surface area (Å²) in [6.45, 7) is 0. The van der Waals surface area contributed by atoms with Gasteiger partial charge in [-0.3, -0.25) is 0 Å². The van der Waals surface area contributed by atoms with Crippen molar-refractivity contribution in [3.63, 3.8) is 0 Å². The normalized spacial score (nSPS) is 11.4. The van der Waals surface area contributed by atoms with Crippen molar-refractivity contribution in [1.82, 2.24) is 0 Å². The molecule has 3 aromatic rings. The maximum Gasteiger partial charge on any atom is 0.336 e. The maximum absolute atomic E-state index is 12.0. The van der Waals surface area contributed by atoms with Crippen LogP contribution in [0, 0.1) is 0 Å². The van der Waals surface area contributed by atoms with E-state index in [0.717, 1.165) is 10.8 Å². The zero-order chi connectivity index (χ0) is 17.8. The molecule has 0 aliphatic heterocycles. The van der Waals surface area contributed by atoms with E-state index in [9.17, 15) is 9.90 Å². The number of carboxylic acids is 1. The molecule has 0 atom stereocenters. The van der Waals surface area contributed by atoms with E-state index in [1.807, 2.05) is 42.5 Å². The molecule has 4 heteroatoms. The fraction of sp³-hybridized carbons (Fsp3) is 0.0952. The largest absolute Gasteiger partial charge is 0.493 e. The second kappa shape index (κ2) is 7.09. The summed E-state index contributed by atoms with van der Waals surface area (Å²) in [4.78, 5) is 12.0. The Labute approximate surface area is 145 Å². The van der Waals surface area contributed by atoms with Crippen molar-refractivity contribution in [3.8, 4) is 11.5 Å². The molecule has 126 valence electrons. The topological polar surface area (TPSA) is 55.8 Å². The summed E-state index contributed by atoms with van der Waals surface area (Å²) >= 11 is 0. The standard InChI is InChI=1S/C21H18O4/c1-24-19-12-6-9-15(20(19)25-2)13-18(21(22)23)17-11-5-8-14-7-3-4-10-16(14)17/h3-13H,1-2H3,(H,22,23)/b18-13-. The zero-order valence-corrected chi connectivity index (χ0v) is 14.0. The third-order valence-corrected chi connectivity index (χ3v) is 4.04. The molecule has 0 saturated heterocycles. The third kappa shape index (κ3) is 3.19. The molecule has 0 amide bonds. The van der Waals surface area contributed by atoms with Crippen molar-refractivity contribution in [2.24, 2.45) is 0 Å². The highest BCUT2D eigenvalue weighted by Gasteiger charge is 2.16. The molecule has 3 aromatic carbocycles. The van der Waals surface area contributed by atoms with Crippen molar-refractivity contribution < 1.29 is 19.4 Å². The Balaban J connectivity index is 2.24. The molecule has 25 heavy (non-hydrogen) atoms. The molecule has 0 saturated carbocycles. The molecule has 0 radical (unpaired) electrons. The van der Waals surface area contributed by atoms with E-state index in [2.05, 4.69) is 0 Å². The van der Waals surface area contributed by atoms with Crippen molar-refractivity contribution in [3.05, 3.63) is 71.8 Å². The van der Waals surface area contributed by atoms with Crippen LogP contribution in [-0.4, -0.2) is 25.3 Å². The summed E-state index contributed by atoms with van der Waals surface area (Å²) in [5.74, 6) is 0.0594. The number of benzene rings is 3. The van der Waals surface area contributed by atoms with Crippen LogP contribution < -0.4 is 9.47 Å². The van der Waals surface area contributed by atoms with E-state index in [1.165, 1.54) is 7.11 Å². The molecule has 0 fully saturated rings. The highest BCUT2D eigenvalue weighted by Crippen LogP contribution is 2.34. The highest BCUT2D eigenvalue weighted by atomic mass is 16.5. The first-order chi connectivity index (χ1) is 12.2. The predicted octanol–water partition coefficient (Wildman–Crippen LogP) is 4.48. The highest BCUT2D eigenvalue weighted by molar-refractivity contribution is 6.24. The number of para-hydroxylation sites is 1. The van der Waals surface area contributed by atoms with Gasteiger partial charge in [-0.25, -0.2) is 4.79 Å². The van der Waals surface area contributed by atoms with Gasteiger partial charge in [-0.2, -0.15) is 0 Å². The summed E-state index contributed by atoms with van der Waals surface area (Å²) < 4.78 is 10.7. The molecule has 0 spiro atoms. The van der Waals surface area contributed by atoms with Gasteiger partial charge in [-0.1, -0.05) is 54.6 Å². The van der Waals surface area contributed by atoms with Gasteiger partial charge in [0.2, 0.25) is 0 Å². The van der Waals surface area contributed by atoms with Crippen molar-refractivity contribution in [1.29, 1.82) is 0 Å². The minimum absolute atomic E-state index is 0.198. The van der Waals surface area contributed by atoms with Gasteiger partial charge in [-0.05, 0) is 28.5 Å². The van der Waals surface area contributed by atoms with Crippen molar-refractivity contribution >= 4 is 28.4 Å². The van der Waals surface area contributed by atoms with Gasteiger partial charge in [0.15, 0.2) is 11.5 Å². The van der Waals surface area contributed by atoms with E-state index in [-0.39, 0.29) is 5.57 Å². The number of ether oxygens (including phenoxy) is 2. The minimum atomic E-state index is -0.999. The average Bonchev–Trinajstić information content (AvgIpc) is 2.65.